The molecule has 1 spiro atoms. The van der Waals surface area contributed by atoms with Crippen molar-refractivity contribution in [3.63, 3.8) is 0 Å². The Hall–Kier alpha value is -1.02. The van der Waals surface area contributed by atoms with Crippen LogP contribution in [0.3, 0.4) is 0 Å². The molecule has 0 radical (unpaired) electrons. The summed E-state index contributed by atoms with van der Waals surface area (Å²) in [5.41, 5.74) is 2.18. The molecule has 78 valence electrons. The van der Waals surface area contributed by atoms with E-state index < -0.39 is 0 Å². The monoisotopic (exact) mass is 221 g/mol. The number of nitrogens with one attached hydrogen (secondary N) is 1. The fourth-order valence-corrected chi connectivity index (χ4v) is 3.03. The lowest BCUT2D eigenvalue weighted by Crippen LogP contribution is -2.33. The number of benzene rings is 1. The Morgan fingerprint density at radius 2 is 2.20 bits per heavy atom. The SMILES string of the molecule is O=C1NCCC12CCc1ccc(Cl)cc12. The molecule has 1 unspecified atom stereocenters. The van der Waals surface area contributed by atoms with Crippen LogP contribution in [0.1, 0.15) is 24.0 Å². The third-order valence-corrected chi connectivity index (χ3v) is 3.92. The second-order valence-electron chi connectivity index (χ2n) is 4.39. The summed E-state index contributed by atoms with van der Waals surface area (Å²) in [6, 6.07) is 5.93. The summed E-state index contributed by atoms with van der Waals surface area (Å²) in [6.45, 7) is 0.796. The normalized spacial score (nSPS) is 28.2. The molecule has 1 heterocycles. The maximum Gasteiger partial charge on any atom is 0.230 e. The summed E-state index contributed by atoms with van der Waals surface area (Å²) in [5, 5.41) is 3.66. The lowest BCUT2D eigenvalue weighted by atomic mass is 9.80. The van der Waals surface area contributed by atoms with Gasteiger partial charge in [-0.05, 0) is 42.5 Å². The van der Waals surface area contributed by atoms with Crippen molar-refractivity contribution in [3.05, 3.63) is 34.3 Å². The van der Waals surface area contributed by atoms with Crippen molar-refractivity contribution >= 4 is 17.5 Å². The molecule has 3 heteroatoms. The van der Waals surface area contributed by atoms with E-state index in [1.165, 1.54) is 5.56 Å². The highest BCUT2D eigenvalue weighted by Gasteiger charge is 2.47. The Morgan fingerprint density at radius 3 is 2.93 bits per heavy atom. The van der Waals surface area contributed by atoms with Crippen LogP contribution >= 0.6 is 11.6 Å². The van der Waals surface area contributed by atoms with Crippen LogP contribution < -0.4 is 5.32 Å². The molecule has 1 fully saturated rings. The van der Waals surface area contributed by atoms with Gasteiger partial charge in [-0.15, -0.1) is 0 Å². The molecule has 1 atom stereocenters. The number of hydrogen-bond donors (Lipinski definition) is 1. The summed E-state index contributed by atoms with van der Waals surface area (Å²) < 4.78 is 0. The van der Waals surface area contributed by atoms with Gasteiger partial charge in [-0.2, -0.15) is 0 Å². The molecular formula is C12H12ClNO. The molecule has 1 aromatic rings. The van der Waals surface area contributed by atoms with E-state index >= 15 is 0 Å². The zero-order chi connectivity index (χ0) is 10.5. The van der Waals surface area contributed by atoms with E-state index in [0.29, 0.717) is 0 Å². The molecule has 0 aromatic heterocycles. The van der Waals surface area contributed by atoms with Gasteiger partial charge in [0.05, 0.1) is 5.41 Å². The van der Waals surface area contributed by atoms with Gasteiger partial charge in [0.15, 0.2) is 0 Å². The molecule has 3 rings (SSSR count). The van der Waals surface area contributed by atoms with Gasteiger partial charge < -0.3 is 5.32 Å². The van der Waals surface area contributed by atoms with Crippen molar-refractivity contribution < 1.29 is 4.79 Å². The van der Waals surface area contributed by atoms with Gasteiger partial charge >= 0.3 is 0 Å². The summed E-state index contributed by atoms with van der Waals surface area (Å²) >= 11 is 6.00. The summed E-state index contributed by atoms with van der Waals surface area (Å²) in [6.07, 6.45) is 2.85. The van der Waals surface area contributed by atoms with E-state index in [1.54, 1.807) is 0 Å². The van der Waals surface area contributed by atoms with Crippen molar-refractivity contribution in [2.75, 3.05) is 6.54 Å². The van der Waals surface area contributed by atoms with Crippen LogP contribution in [0, 0.1) is 0 Å². The van der Waals surface area contributed by atoms with Crippen LogP contribution in [0.2, 0.25) is 5.02 Å². The van der Waals surface area contributed by atoms with Gasteiger partial charge in [0, 0.05) is 11.6 Å². The molecule has 15 heavy (non-hydrogen) atoms. The minimum Gasteiger partial charge on any atom is -0.355 e. The highest BCUT2D eigenvalue weighted by molar-refractivity contribution is 6.30. The second kappa shape index (κ2) is 2.99. The lowest BCUT2D eigenvalue weighted by Gasteiger charge is -2.20. The molecular weight excluding hydrogens is 210 g/mol. The Kier molecular flexibility index (Phi) is 1.84. The van der Waals surface area contributed by atoms with E-state index in [4.69, 9.17) is 11.6 Å². The number of hydrogen-bond acceptors (Lipinski definition) is 1. The lowest BCUT2D eigenvalue weighted by molar-refractivity contribution is -0.123. The molecule has 1 saturated heterocycles. The Bertz CT molecular complexity index is 443. The van der Waals surface area contributed by atoms with Gasteiger partial charge in [0.25, 0.3) is 0 Å². The predicted octanol–water partition coefficient (Wildman–Crippen LogP) is 2.04. The van der Waals surface area contributed by atoms with Crippen LogP contribution in [0.5, 0.6) is 0 Å². The number of carbonyl (C=O) groups excluding carboxylic acids is 1. The third-order valence-electron chi connectivity index (χ3n) is 3.68. The van der Waals surface area contributed by atoms with Crippen molar-refractivity contribution in [2.45, 2.75) is 24.7 Å². The first-order chi connectivity index (χ1) is 7.22. The number of rotatable bonds is 0. The Morgan fingerprint density at radius 1 is 1.33 bits per heavy atom. The topological polar surface area (TPSA) is 29.1 Å². The van der Waals surface area contributed by atoms with Crippen molar-refractivity contribution in [3.8, 4) is 0 Å². The molecule has 0 saturated carbocycles. The highest BCUT2D eigenvalue weighted by Crippen LogP contribution is 2.44. The van der Waals surface area contributed by atoms with E-state index in [2.05, 4.69) is 11.4 Å². The van der Waals surface area contributed by atoms with Crippen LogP contribution in [0.4, 0.5) is 0 Å². The zero-order valence-corrected chi connectivity index (χ0v) is 9.10. The number of aryl methyl sites for hydroxylation is 1. The largest absolute Gasteiger partial charge is 0.355 e. The second-order valence-corrected chi connectivity index (χ2v) is 4.83. The molecule has 1 N–H and O–H groups in total. The van der Waals surface area contributed by atoms with Gasteiger partial charge in [-0.3, -0.25) is 4.79 Å². The van der Waals surface area contributed by atoms with Crippen molar-refractivity contribution in [2.24, 2.45) is 0 Å². The molecule has 1 amide bonds. The molecule has 1 aromatic carbocycles. The fraction of sp³-hybridized carbons (Fsp3) is 0.417. The van der Waals surface area contributed by atoms with Crippen LogP contribution in [0.15, 0.2) is 18.2 Å². The Balaban J connectivity index is 2.18. The number of halogens is 1. The minimum absolute atomic E-state index is 0.184. The first-order valence-electron chi connectivity index (χ1n) is 5.30. The number of fused-ring (bicyclic) bond motifs is 2. The van der Waals surface area contributed by atoms with Crippen LogP contribution in [-0.2, 0) is 16.6 Å². The average molecular weight is 222 g/mol. The number of amides is 1. The highest BCUT2D eigenvalue weighted by atomic mass is 35.5. The van der Waals surface area contributed by atoms with Crippen molar-refractivity contribution in [1.82, 2.24) is 5.32 Å². The van der Waals surface area contributed by atoms with E-state index in [1.807, 2.05) is 12.1 Å². The average Bonchev–Trinajstić information content (AvgIpc) is 2.75. The van der Waals surface area contributed by atoms with Crippen molar-refractivity contribution in [1.29, 1.82) is 0 Å². The van der Waals surface area contributed by atoms with Gasteiger partial charge in [-0.1, -0.05) is 17.7 Å². The summed E-state index contributed by atoms with van der Waals surface area (Å²) in [4.78, 5) is 11.9. The standard InChI is InChI=1S/C12H12ClNO/c13-9-2-1-8-3-4-12(10(8)7-9)5-6-14-11(12)15/h1-2,7H,3-6H2,(H,14,15). The summed E-state index contributed by atoms with van der Waals surface area (Å²) in [5.74, 6) is 0.184. The molecule has 1 aliphatic carbocycles. The number of carbonyl (C=O) groups is 1. The quantitative estimate of drug-likeness (QED) is 0.714. The van der Waals surface area contributed by atoms with E-state index in [0.717, 1.165) is 36.4 Å². The van der Waals surface area contributed by atoms with Gasteiger partial charge in [0.2, 0.25) is 5.91 Å². The van der Waals surface area contributed by atoms with E-state index in [-0.39, 0.29) is 11.3 Å². The van der Waals surface area contributed by atoms with Crippen LogP contribution in [0.25, 0.3) is 0 Å². The summed E-state index contributed by atoms with van der Waals surface area (Å²) in [7, 11) is 0. The van der Waals surface area contributed by atoms with Gasteiger partial charge in [-0.25, -0.2) is 0 Å². The maximum atomic E-state index is 11.9. The van der Waals surface area contributed by atoms with Crippen LogP contribution in [-0.4, -0.2) is 12.5 Å². The maximum absolute atomic E-state index is 11.9. The van der Waals surface area contributed by atoms with E-state index in [9.17, 15) is 4.79 Å². The minimum atomic E-state index is -0.264. The first kappa shape index (κ1) is 9.22. The fourth-order valence-electron chi connectivity index (χ4n) is 2.86. The Labute approximate surface area is 93.6 Å². The first-order valence-corrected chi connectivity index (χ1v) is 5.67. The zero-order valence-electron chi connectivity index (χ0n) is 8.35. The molecule has 2 nitrogen and oxygen atoms in total. The van der Waals surface area contributed by atoms with Gasteiger partial charge in [0.1, 0.15) is 0 Å². The smallest absolute Gasteiger partial charge is 0.230 e. The molecule has 0 bridgehead atoms. The third kappa shape index (κ3) is 1.14. The molecule has 2 aliphatic rings. The predicted molar refractivity (Wildman–Crippen MR) is 59.1 cm³/mol. The molecule has 1 aliphatic heterocycles.